The Morgan fingerprint density at radius 3 is 2.48 bits per heavy atom. The molecule has 0 aromatic heterocycles. The van der Waals surface area contributed by atoms with E-state index in [1.165, 1.54) is 5.56 Å². The summed E-state index contributed by atoms with van der Waals surface area (Å²) in [7, 11) is 1.79. The fourth-order valence-corrected chi connectivity index (χ4v) is 3.94. The first-order chi connectivity index (χ1) is 10.3. The van der Waals surface area contributed by atoms with Crippen molar-refractivity contribution in [2.24, 2.45) is 0 Å². The van der Waals surface area contributed by atoms with Crippen molar-refractivity contribution in [1.29, 1.82) is 0 Å². The predicted octanol–water partition coefficient (Wildman–Crippen LogP) is 3.18. The summed E-state index contributed by atoms with van der Waals surface area (Å²) in [5, 5.41) is 0. The molecule has 3 rings (SSSR count). The molecule has 0 saturated carbocycles. The monoisotopic (exact) mass is 287 g/mol. The van der Waals surface area contributed by atoms with Crippen LogP contribution < -0.4 is 0 Å². The molecule has 0 aliphatic carbocycles. The molecule has 3 nitrogen and oxygen atoms in total. The van der Waals surface area contributed by atoms with Gasteiger partial charge in [0.15, 0.2) is 0 Å². The minimum absolute atomic E-state index is 0.355. The Hall–Kier alpha value is -1.35. The molecule has 0 spiro atoms. The highest BCUT2D eigenvalue weighted by molar-refractivity contribution is 5.77. The van der Waals surface area contributed by atoms with E-state index >= 15 is 0 Å². The Morgan fingerprint density at radius 1 is 1.19 bits per heavy atom. The van der Waals surface area contributed by atoms with Crippen molar-refractivity contribution in [1.82, 2.24) is 4.90 Å². The third-order valence-electron chi connectivity index (χ3n) is 5.01. The van der Waals surface area contributed by atoms with Crippen molar-refractivity contribution in [3.8, 4) is 0 Å². The molecule has 0 radical (unpaired) electrons. The lowest BCUT2D eigenvalue weighted by Crippen LogP contribution is -2.48. The van der Waals surface area contributed by atoms with E-state index in [0.717, 1.165) is 38.5 Å². The van der Waals surface area contributed by atoms with E-state index in [0.29, 0.717) is 30.5 Å². The van der Waals surface area contributed by atoms with Crippen molar-refractivity contribution < 1.29 is 9.53 Å². The van der Waals surface area contributed by atoms with Crippen LogP contribution in [0.5, 0.6) is 0 Å². The molecule has 2 aliphatic heterocycles. The molecule has 2 unspecified atom stereocenters. The van der Waals surface area contributed by atoms with Gasteiger partial charge in [0.05, 0.1) is 6.10 Å². The minimum atomic E-state index is 0.355. The Bertz CT molecular complexity index is 459. The number of nitrogens with zero attached hydrogens (tertiary/aromatic N) is 1. The van der Waals surface area contributed by atoms with Gasteiger partial charge in [-0.3, -0.25) is 4.79 Å². The van der Waals surface area contributed by atoms with Crippen molar-refractivity contribution in [2.45, 2.75) is 63.1 Å². The second kappa shape index (κ2) is 6.61. The highest BCUT2D eigenvalue weighted by atomic mass is 16.5. The van der Waals surface area contributed by atoms with E-state index in [-0.39, 0.29) is 0 Å². The zero-order valence-electron chi connectivity index (χ0n) is 12.8. The van der Waals surface area contributed by atoms with E-state index in [9.17, 15) is 4.79 Å². The summed E-state index contributed by atoms with van der Waals surface area (Å²) >= 11 is 0. The molecule has 2 saturated heterocycles. The summed E-state index contributed by atoms with van der Waals surface area (Å²) in [4.78, 5) is 14.7. The quantitative estimate of drug-likeness (QED) is 0.832. The van der Waals surface area contributed by atoms with E-state index in [1.54, 1.807) is 7.11 Å². The van der Waals surface area contributed by atoms with Gasteiger partial charge in [0.2, 0.25) is 5.91 Å². The molecule has 114 valence electrons. The lowest BCUT2D eigenvalue weighted by Gasteiger charge is -2.38. The second-order valence-electron chi connectivity index (χ2n) is 6.35. The first-order valence-corrected chi connectivity index (χ1v) is 8.16. The number of carbonyl (C=O) groups excluding carboxylic acids is 1. The predicted molar refractivity (Wildman–Crippen MR) is 83.1 cm³/mol. The lowest BCUT2D eigenvalue weighted by molar-refractivity contribution is -0.138. The zero-order valence-corrected chi connectivity index (χ0v) is 12.8. The first-order valence-electron chi connectivity index (χ1n) is 8.16. The van der Waals surface area contributed by atoms with E-state index in [1.807, 2.05) is 6.07 Å². The van der Waals surface area contributed by atoms with Gasteiger partial charge in [0, 0.05) is 25.6 Å². The molecule has 1 amide bonds. The SMILES string of the molecule is COC1CC2CCC(C1)N2C(=O)CCCc1ccccc1. The minimum Gasteiger partial charge on any atom is -0.381 e. The third-order valence-corrected chi connectivity index (χ3v) is 5.01. The van der Waals surface area contributed by atoms with Gasteiger partial charge in [-0.25, -0.2) is 0 Å². The lowest BCUT2D eigenvalue weighted by atomic mass is 9.98. The summed E-state index contributed by atoms with van der Waals surface area (Å²) in [6, 6.07) is 11.3. The summed E-state index contributed by atoms with van der Waals surface area (Å²) in [6.45, 7) is 0. The van der Waals surface area contributed by atoms with Crippen LogP contribution in [-0.4, -0.2) is 36.1 Å². The van der Waals surface area contributed by atoms with Gasteiger partial charge in [-0.1, -0.05) is 30.3 Å². The average Bonchev–Trinajstić information content (AvgIpc) is 2.78. The number of carbonyl (C=O) groups is 1. The Labute approximate surface area is 127 Å². The van der Waals surface area contributed by atoms with Gasteiger partial charge in [-0.2, -0.15) is 0 Å². The van der Waals surface area contributed by atoms with E-state index < -0.39 is 0 Å². The normalized spacial score (nSPS) is 27.9. The number of hydrogen-bond acceptors (Lipinski definition) is 2. The van der Waals surface area contributed by atoms with Gasteiger partial charge in [0.25, 0.3) is 0 Å². The average molecular weight is 287 g/mol. The van der Waals surface area contributed by atoms with Crippen LogP contribution in [0.4, 0.5) is 0 Å². The van der Waals surface area contributed by atoms with Crippen molar-refractivity contribution in [3.05, 3.63) is 35.9 Å². The topological polar surface area (TPSA) is 29.5 Å². The smallest absolute Gasteiger partial charge is 0.223 e. The maximum atomic E-state index is 12.5. The molecule has 3 heteroatoms. The largest absolute Gasteiger partial charge is 0.381 e. The summed E-state index contributed by atoms with van der Waals surface area (Å²) in [5.74, 6) is 0.355. The van der Waals surface area contributed by atoms with Crippen molar-refractivity contribution >= 4 is 5.91 Å². The van der Waals surface area contributed by atoms with Crippen molar-refractivity contribution in [3.63, 3.8) is 0 Å². The summed E-state index contributed by atoms with van der Waals surface area (Å²) < 4.78 is 5.50. The number of benzene rings is 1. The number of fused-ring (bicyclic) bond motifs is 2. The van der Waals surface area contributed by atoms with Gasteiger partial charge in [0.1, 0.15) is 0 Å². The molecule has 1 aromatic carbocycles. The Morgan fingerprint density at radius 2 is 1.86 bits per heavy atom. The van der Waals surface area contributed by atoms with Crippen LogP contribution in [0.25, 0.3) is 0 Å². The summed E-state index contributed by atoms with van der Waals surface area (Å²) in [5.41, 5.74) is 1.33. The molecule has 0 N–H and O–H groups in total. The molecule has 2 bridgehead atoms. The van der Waals surface area contributed by atoms with Crippen LogP contribution in [0.15, 0.2) is 30.3 Å². The highest BCUT2D eigenvalue weighted by Gasteiger charge is 2.42. The molecular formula is C18H25NO2. The Kier molecular flexibility index (Phi) is 4.59. The number of hydrogen-bond donors (Lipinski definition) is 0. The molecule has 2 atom stereocenters. The van der Waals surface area contributed by atoms with Crippen LogP contribution >= 0.6 is 0 Å². The van der Waals surface area contributed by atoms with E-state index in [4.69, 9.17) is 4.74 Å². The molecule has 2 aliphatic rings. The zero-order chi connectivity index (χ0) is 14.7. The van der Waals surface area contributed by atoms with Crippen LogP contribution in [0.2, 0.25) is 0 Å². The van der Waals surface area contributed by atoms with Crippen LogP contribution in [0.1, 0.15) is 44.1 Å². The number of methoxy groups -OCH3 is 1. The summed E-state index contributed by atoms with van der Waals surface area (Å²) in [6.07, 6.45) is 7.36. The molecular weight excluding hydrogens is 262 g/mol. The van der Waals surface area contributed by atoms with Crippen molar-refractivity contribution in [2.75, 3.05) is 7.11 Å². The van der Waals surface area contributed by atoms with Gasteiger partial charge in [-0.05, 0) is 44.1 Å². The number of amides is 1. The van der Waals surface area contributed by atoms with Gasteiger partial charge < -0.3 is 9.64 Å². The van der Waals surface area contributed by atoms with Gasteiger partial charge in [-0.15, -0.1) is 0 Å². The van der Waals surface area contributed by atoms with Crippen LogP contribution in [0, 0.1) is 0 Å². The number of rotatable bonds is 5. The Balaban J connectivity index is 1.50. The molecule has 21 heavy (non-hydrogen) atoms. The third kappa shape index (κ3) is 3.29. The fourth-order valence-electron chi connectivity index (χ4n) is 3.94. The molecule has 1 aromatic rings. The van der Waals surface area contributed by atoms with Gasteiger partial charge >= 0.3 is 0 Å². The molecule has 2 heterocycles. The van der Waals surface area contributed by atoms with Crippen LogP contribution in [0.3, 0.4) is 0 Å². The number of aryl methyl sites for hydroxylation is 1. The number of piperidine rings is 1. The standard InChI is InChI=1S/C18H25NO2/c1-21-17-12-15-10-11-16(13-17)19(15)18(20)9-5-8-14-6-3-2-4-7-14/h2-4,6-7,15-17H,5,8-13H2,1H3. The highest BCUT2D eigenvalue weighted by Crippen LogP contribution is 2.37. The fraction of sp³-hybridized carbons (Fsp3) is 0.611. The molecule has 2 fully saturated rings. The maximum absolute atomic E-state index is 12.5. The first kappa shape index (κ1) is 14.6. The number of ether oxygens (including phenoxy) is 1. The van der Waals surface area contributed by atoms with E-state index in [2.05, 4.69) is 29.2 Å². The maximum Gasteiger partial charge on any atom is 0.223 e. The van der Waals surface area contributed by atoms with Crippen LogP contribution in [-0.2, 0) is 16.0 Å². The second-order valence-corrected chi connectivity index (χ2v) is 6.35.